The SMILES string of the molecule is Cc1c(COc2ccc(CC#N)cc2)cccc1[N+](=O)[O-]. The van der Waals surface area contributed by atoms with E-state index in [4.69, 9.17) is 10.00 Å². The van der Waals surface area contributed by atoms with Gasteiger partial charge >= 0.3 is 0 Å². The maximum atomic E-state index is 10.9. The van der Waals surface area contributed by atoms with E-state index in [-0.39, 0.29) is 12.3 Å². The van der Waals surface area contributed by atoms with Crippen molar-refractivity contribution in [1.82, 2.24) is 0 Å². The molecule has 2 rings (SSSR count). The fraction of sp³-hybridized carbons (Fsp3) is 0.188. The molecular weight excluding hydrogens is 268 g/mol. The van der Waals surface area contributed by atoms with Crippen LogP contribution >= 0.6 is 0 Å². The molecule has 0 bridgehead atoms. The molecule has 0 spiro atoms. The van der Waals surface area contributed by atoms with Crippen LogP contribution in [-0.2, 0) is 13.0 Å². The zero-order chi connectivity index (χ0) is 15.2. The van der Waals surface area contributed by atoms with E-state index in [1.165, 1.54) is 6.07 Å². The van der Waals surface area contributed by atoms with E-state index in [1.54, 1.807) is 25.1 Å². The minimum Gasteiger partial charge on any atom is -0.489 e. The minimum absolute atomic E-state index is 0.0977. The molecule has 0 amide bonds. The highest BCUT2D eigenvalue weighted by molar-refractivity contribution is 5.44. The Bertz CT molecular complexity index is 688. The van der Waals surface area contributed by atoms with Gasteiger partial charge in [-0.3, -0.25) is 10.1 Å². The highest BCUT2D eigenvalue weighted by Gasteiger charge is 2.13. The Morgan fingerprint density at radius 1 is 1.24 bits per heavy atom. The van der Waals surface area contributed by atoms with Gasteiger partial charge in [-0.25, -0.2) is 0 Å². The van der Waals surface area contributed by atoms with Gasteiger partial charge in [0, 0.05) is 11.6 Å². The molecule has 2 aromatic rings. The lowest BCUT2D eigenvalue weighted by atomic mass is 10.1. The summed E-state index contributed by atoms with van der Waals surface area (Å²) in [5.74, 6) is 0.669. The van der Waals surface area contributed by atoms with Crippen LogP contribution in [0.15, 0.2) is 42.5 Å². The van der Waals surface area contributed by atoms with Crippen molar-refractivity contribution in [1.29, 1.82) is 5.26 Å². The fourth-order valence-corrected chi connectivity index (χ4v) is 1.98. The van der Waals surface area contributed by atoms with Crippen molar-refractivity contribution in [2.45, 2.75) is 20.0 Å². The molecule has 0 fully saturated rings. The molecule has 0 atom stereocenters. The Hall–Kier alpha value is -2.87. The smallest absolute Gasteiger partial charge is 0.272 e. The second-order valence-corrected chi connectivity index (χ2v) is 4.59. The number of benzene rings is 2. The highest BCUT2D eigenvalue weighted by Crippen LogP contribution is 2.22. The van der Waals surface area contributed by atoms with Gasteiger partial charge in [-0.15, -0.1) is 0 Å². The van der Waals surface area contributed by atoms with Crippen LogP contribution < -0.4 is 4.74 Å². The molecule has 2 aromatic carbocycles. The summed E-state index contributed by atoms with van der Waals surface area (Å²) < 4.78 is 5.64. The number of rotatable bonds is 5. The number of nitrogens with zero attached hydrogens (tertiary/aromatic N) is 2. The van der Waals surface area contributed by atoms with Crippen molar-refractivity contribution >= 4 is 5.69 Å². The Morgan fingerprint density at radius 2 is 1.95 bits per heavy atom. The number of nitriles is 1. The summed E-state index contributed by atoms with van der Waals surface area (Å²) in [6, 6.07) is 14.3. The summed E-state index contributed by atoms with van der Waals surface area (Å²) in [7, 11) is 0. The summed E-state index contributed by atoms with van der Waals surface area (Å²) in [6.07, 6.45) is 0.365. The van der Waals surface area contributed by atoms with Crippen LogP contribution in [0, 0.1) is 28.4 Å². The Kier molecular flexibility index (Phi) is 4.52. The summed E-state index contributed by atoms with van der Waals surface area (Å²) in [6.45, 7) is 1.98. The molecule has 0 heterocycles. The number of ether oxygens (including phenoxy) is 1. The van der Waals surface area contributed by atoms with E-state index in [2.05, 4.69) is 6.07 Å². The van der Waals surface area contributed by atoms with Gasteiger partial charge in [0.05, 0.1) is 17.4 Å². The normalized spacial score (nSPS) is 9.90. The second-order valence-electron chi connectivity index (χ2n) is 4.59. The monoisotopic (exact) mass is 282 g/mol. The van der Waals surface area contributed by atoms with E-state index in [9.17, 15) is 10.1 Å². The standard InChI is InChI=1S/C16H14N2O3/c1-12-14(3-2-4-16(12)18(19)20)11-21-15-7-5-13(6-8-15)9-10-17/h2-8H,9,11H2,1H3. The van der Waals surface area contributed by atoms with Crippen molar-refractivity contribution in [3.8, 4) is 11.8 Å². The molecule has 0 unspecified atom stereocenters. The molecule has 0 aromatic heterocycles. The summed E-state index contributed by atoms with van der Waals surface area (Å²) >= 11 is 0. The fourth-order valence-electron chi connectivity index (χ4n) is 1.98. The third kappa shape index (κ3) is 3.57. The number of nitro groups is 1. The summed E-state index contributed by atoms with van der Waals surface area (Å²) in [5.41, 5.74) is 2.42. The predicted octanol–water partition coefficient (Wildman–Crippen LogP) is 3.55. The molecule has 0 radical (unpaired) electrons. The van der Waals surface area contributed by atoms with Crippen LogP contribution in [0.2, 0.25) is 0 Å². The van der Waals surface area contributed by atoms with Crippen molar-refractivity contribution in [2.75, 3.05) is 0 Å². The number of nitro benzene ring substituents is 1. The van der Waals surface area contributed by atoms with Gasteiger partial charge in [-0.2, -0.15) is 5.26 Å². The molecule has 0 aliphatic rings. The first-order valence-corrected chi connectivity index (χ1v) is 6.43. The number of hydrogen-bond acceptors (Lipinski definition) is 4. The van der Waals surface area contributed by atoms with Gasteiger partial charge in [-0.1, -0.05) is 24.3 Å². The Labute approximate surface area is 122 Å². The van der Waals surface area contributed by atoms with Gasteiger partial charge in [-0.05, 0) is 30.2 Å². The van der Waals surface area contributed by atoms with E-state index in [0.717, 1.165) is 11.1 Å². The van der Waals surface area contributed by atoms with E-state index in [0.29, 0.717) is 17.7 Å². The molecule has 106 valence electrons. The third-order valence-corrected chi connectivity index (χ3v) is 3.21. The van der Waals surface area contributed by atoms with Crippen molar-refractivity contribution in [3.63, 3.8) is 0 Å². The van der Waals surface area contributed by atoms with E-state index in [1.807, 2.05) is 18.2 Å². The van der Waals surface area contributed by atoms with E-state index >= 15 is 0 Å². The van der Waals surface area contributed by atoms with Crippen molar-refractivity contribution in [3.05, 3.63) is 69.3 Å². The first-order chi connectivity index (χ1) is 10.1. The zero-order valence-corrected chi connectivity index (χ0v) is 11.6. The molecule has 0 aliphatic carbocycles. The lowest BCUT2D eigenvalue weighted by molar-refractivity contribution is -0.385. The molecule has 0 saturated heterocycles. The average molecular weight is 282 g/mol. The maximum Gasteiger partial charge on any atom is 0.272 e. The largest absolute Gasteiger partial charge is 0.489 e. The highest BCUT2D eigenvalue weighted by atomic mass is 16.6. The van der Waals surface area contributed by atoms with Crippen molar-refractivity contribution < 1.29 is 9.66 Å². The predicted molar refractivity (Wildman–Crippen MR) is 77.9 cm³/mol. The van der Waals surface area contributed by atoms with Crippen LogP contribution in [0.3, 0.4) is 0 Å². The number of hydrogen-bond donors (Lipinski definition) is 0. The van der Waals surface area contributed by atoms with Gasteiger partial charge in [0.2, 0.25) is 0 Å². The van der Waals surface area contributed by atoms with Gasteiger partial charge in [0.1, 0.15) is 12.4 Å². The molecule has 21 heavy (non-hydrogen) atoms. The molecule has 5 nitrogen and oxygen atoms in total. The molecular formula is C16H14N2O3. The lowest BCUT2D eigenvalue weighted by Crippen LogP contribution is -2.01. The minimum atomic E-state index is -0.393. The Morgan fingerprint density at radius 3 is 2.57 bits per heavy atom. The van der Waals surface area contributed by atoms with Crippen LogP contribution in [0.4, 0.5) is 5.69 Å². The van der Waals surface area contributed by atoms with Crippen LogP contribution in [0.1, 0.15) is 16.7 Å². The van der Waals surface area contributed by atoms with Crippen LogP contribution in [0.25, 0.3) is 0 Å². The quantitative estimate of drug-likeness (QED) is 0.620. The average Bonchev–Trinajstić information content (AvgIpc) is 2.48. The molecule has 0 aliphatic heterocycles. The Balaban J connectivity index is 2.08. The molecule has 5 heteroatoms. The van der Waals surface area contributed by atoms with Crippen molar-refractivity contribution in [2.24, 2.45) is 0 Å². The molecule has 0 N–H and O–H groups in total. The summed E-state index contributed by atoms with van der Waals surface area (Å²) in [4.78, 5) is 10.5. The van der Waals surface area contributed by atoms with Crippen LogP contribution in [-0.4, -0.2) is 4.92 Å². The first kappa shape index (κ1) is 14.5. The summed E-state index contributed by atoms with van der Waals surface area (Å²) in [5, 5.41) is 19.5. The van der Waals surface area contributed by atoms with Gasteiger partial charge < -0.3 is 4.74 Å². The zero-order valence-electron chi connectivity index (χ0n) is 11.6. The third-order valence-electron chi connectivity index (χ3n) is 3.21. The first-order valence-electron chi connectivity index (χ1n) is 6.43. The maximum absolute atomic E-state index is 10.9. The molecule has 0 saturated carbocycles. The van der Waals surface area contributed by atoms with E-state index < -0.39 is 4.92 Å². The second kappa shape index (κ2) is 6.53. The van der Waals surface area contributed by atoms with Crippen LogP contribution in [0.5, 0.6) is 5.75 Å². The van der Waals surface area contributed by atoms with Gasteiger partial charge in [0.15, 0.2) is 0 Å². The topological polar surface area (TPSA) is 76.2 Å². The lowest BCUT2D eigenvalue weighted by Gasteiger charge is -2.09. The van der Waals surface area contributed by atoms with Gasteiger partial charge in [0.25, 0.3) is 5.69 Å².